The Morgan fingerprint density at radius 2 is 2.00 bits per heavy atom. The zero-order valence-corrected chi connectivity index (χ0v) is 15.1. The monoisotopic (exact) mass is 347 g/mol. The van der Waals surface area contributed by atoms with Crippen LogP contribution in [0.5, 0.6) is 0 Å². The van der Waals surface area contributed by atoms with Gasteiger partial charge in [0.25, 0.3) is 0 Å². The molecule has 5 heteroatoms. The summed E-state index contributed by atoms with van der Waals surface area (Å²) in [5.41, 5.74) is 4.80. The average Bonchev–Trinajstić information content (AvgIpc) is 3.11. The Bertz CT molecular complexity index is 910. The van der Waals surface area contributed by atoms with Gasteiger partial charge in [0.1, 0.15) is 5.82 Å². The summed E-state index contributed by atoms with van der Waals surface area (Å²) < 4.78 is 0. The number of nitrogens with zero attached hydrogens (tertiary/aromatic N) is 4. The molecule has 3 aromatic rings. The SMILES string of the molecule is c1ccc2c(CN3CCc4nc(C5CCCCC5)ncc4C3)[nH]nc2c1. The minimum atomic E-state index is 0.587. The van der Waals surface area contributed by atoms with E-state index in [1.807, 2.05) is 6.07 Å². The second-order valence-corrected chi connectivity index (χ2v) is 7.72. The van der Waals surface area contributed by atoms with Crippen molar-refractivity contribution in [2.45, 2.75) is 57.5 Å². The molecule has 0 atom stereocenters. The highest BCUT2D eigenvalue weighted by molar-refractivity contribution is 5.81. The molecule has 0 radical (unpaired) electrons. The van der Waals surface area contributed by atoms with E-state index >= 15 is 0 Å². The minimum Gasteiger partial charge on any atom is -0.293 e. The molecule has 1 aromatic carbocycles. The van der Waals surface area contributed by atoms with Crippen LogP contribution in [0.1, 0.15) is 60.8 Å². The minimum absolute atomic E-state index is 0.587. The molecular weight excluding hydrogens is 322 g/mol. The third kappa shape index (κ3) is 3.01. The summed E-state index contributed by atoms with van der Waals surface area (Å²) in [6.07, 6.45) is 9.66. The lowest BCUT2D eigenvalue weighted by molar-refractivity contribution is 0.240. The molecular formula is C21H25N5. The van der Waals surface area contributed by atoms with Gasteiger partial charge in [-0.3, -0.25) is 10.00 Å². The standard InChI is InChI=1S/C21H25N5/c1-2-6-15(7-3-1)21-22-12-16-13-26(11-10-18(16)23-21)14-20-17-8-4-5-9-19(17)24-25-20/h4-5,8-9,12,15H,1-3,6-7,10-11,13-14H2,(H,24,25). The molecule has 0 saturated heterocycles. The molecule has 134 valence electrons. The summed E-state index contributed by atoms with van der Waals surface area (Å²) in [7, 11) is 0. The van der Waals surface area contributed by atoms with E-state index in [0.29, 0.717) is 5.92 Å². The number of fused-ring (bicyclic) bond motifs is 2. The molecule has 1 aliphatic heterocycles. The van der Waals surface area contributed by atoms with E-state index in [0.717, 1.165) is 37.4 Å². The van der Waals surface area contributed by atoms with E-state index in [4.69, 9.17) is 9.97 Å². The van der Waals surface area contributed by atoms with Crippen LogP contribution < -0.4 is 0 Å². The largest absolute Gasteiger partial charge is 0.293 e. The van der Waals surface area contributed by atoms with Gasteiger partial charge in [-0.15, -0.1) is 0 Å². The molecule has 0 bridgehead atoms. The molecule has 1 aliphatic carbocycles. The summed E-state index contributed by atoms with van der Waals surface area (Å²) >= 11 is 0. The second-order valence-electron chi connectivity index (χ2n) is 7.72. The summed E-state index contributed by atoms with van der Waals surface area (Å²) in [5.74, 6) is 1.68. The highest BCUT2D eigenvalue weighted by Gasteiger charge is 2.23. The predicted octanol–water partition coefficient (Wildman–Crippen LogP) is 3.96. The quantitative estimate of drug-likeness (QED) is 0.779. The van der Waals surface area contributed by atoms with Gasteiger partial charge in [-0.25, -0.2) is 9.97 Å². The molecule has 1 N–H and O–H groups in total. The van der Waals surface area contributed by atoms with Gasteiger partial charge in [0.05, 0.1) is 11.2 Å². The van der Waals surface area contributed by atoms with Crippen LogP contribution in [0.4, 0.5) is 0 Å². The first kappa shape index (κ1) is 15.9. The van der Waals surface area contributed by atoms with E-state index in [-0.39, 0.29) is 0 Å². The molecule has 3 heterocycles. The number of nitrogens with one attached hydrogen (secondary N) is 1. The van der Waals surface area contributed by atoms with E-state index < -0.39 is 0 Å². The van der Waals surface area contributed by atoms with Crippen molar-refractivity contribution in [3.63, 3.8) is 0 Å². The number of para-hydroxylation sites is 1. The topological polar surface area (TPSA) is 57.7 Å². The lowest BCUT2D eigenvalue weighted by Crippen LogP contribution is -2.31. The van der Waals surface area contributed by atoms with Gasteiger partial charge < -0.3 is 0 Å². The van der Waals surface area contributed by atoms with Crippen molar-refractivity contribution in [2.24, 2.45) is 0 Å². The Morgan fingerprint density at radius 3 is 2.92 bits per heavy atom. The maximum Gasteiger partial charge on any atom is 0.131 e. The van der Waals surface area contributed by atoms with Crippen molar-refractivity contribution >= 4 is 10.9 Å². The number of aromatic nitrogens is 4. The van der Waals surface area contributed by atoms with Gasteiger partial charge in [0.15, 0.2) is 0 Å². The Labute approximate surface area is 153 Å². The Balaban J connectivity index is 1.32. The van der Waals surface area contributed by atoms with Gasteiger partial charge in [-0.05, 0) is 18.9 Å². The number of aromatic amines is 1. The normalized spacial score (nSPS) is 18.9. The number of H-pyrrole nitrogens is 1. The van der Waals surface area contributed by atoms with Crippen molar-refractivity contribution in [1.82, 2.24) is 25.1 Å². The fourth-order valence-corrected chi connectivity index (χ4v) is 4.44. The lowest BCUT2D eigenvalue weighted by atomic mass is 9.88. The van der Waals surface area contributed by atoms with Crippen LogP contribution in [0.15, 0.2) is 30.5 Å². The van der Waals surface area contributed by atoms with Crippen LogP contribution in [-0.2, 0) is 19.5 Å². The first-order valence-electron chi connectivity index (χ1n) is 9.86. The van der Waals surface area contributed by atoms with Gasteiger partial charge >= 0.3 is 0 Å². The third-order valence-corrected chi connectivity index (χ3v) is 5.92. The lowest BCUT2D eigenvalue weighted by Gasteiger charge is -2.28. The first-order valence-corrected chi connectivity index (χ1v) is 9.86. The summed E-state index contributed by atoms with van der Waals surface area (Å²) in [4.78, 5) is 12.2. The van der Waals surface area contributed by atoms with Crippen molar-refractivity contribution in [1.29, 1.82) is 0 Å². The fraction of sp³-hybridized carbons (Fsp3) is 0.476. The average molecular weight is 347 g/mol. The zero-order chi connectivity index (χ0) is 17.3. The molecule has 0 spiro atoms. The zero-order valence-electron chi connectivity index (χ0n) is 15.1. The molecule has 5 nitrogen and oxygen atoms in total. The van der Waals surface area contributed by atoms with E-state index in [1.165, 1.54) is 54.4 Å². The molecule has 2 aliphatic rings. The van der Waals surface area contributed by atoms with Gasteiger partial charge in [-0.2, -0.15) is 5.10 Å². The van der Waals surface area contributed by atoms with Crippen molar-refractivity contribution in [3.05, 3.63) is 53.2 Å². The number of hydrogen-bond donors (Lipinski definition) is 1. The van der Waals surface area contributed by atoms with E-state index in [9.17, 15) is 0 Å². The van der Waals surface area contributed by atoms with Gasteiger partial charge in [0, 0.05) is 54.8 Å². The second kappa shape index (κ2) is 6.80. The number of benzene rings is 1. The number of hydrogen-bond acceptors (Lipinski definition) is 4. The molecule has 1 fully saturated rings. The molecule has 26 heavy (non-hydrogen) atoms. The molecule has 0 amide bonds. The molecule has 2 aromatic heterocycles. The van der Waals surface area contributed by atoms with E-state index in [2.05, 4.69) is 39.5 Å². The van der Waals surface area contributed by atoms with Crippen LogP contribution in [-0.4, -0.2) is 31.6 Å². The maximum absolute atomic E-state index is 4.96. The Hall–Kier alpha value is -2.27. The van der Waals surface area contributed by atoms with Gasteiger partial charge in [-0.1, -0.05) is 37.5 Å². The van der Waals surface area contributed by atoms with Crippen molar-refractivity contribution in [2.75, 3.05) is 6.54 Å². The highest BCUT2D eigenvalue weighted by atomic mass is 15.2. The van der Waals surface area contributed by atoms with Gasteiger partial charge in [0.2, 0.25) is 0 Å². The summed E-state index contributed by atoms with van der Waals surface area (Å²) in [5, 5.41) is 8.85. The smallest absolute Gasteiger partial charge is 0.131 e. The van der Waals surface area contributed by atoms with E-state index in [1.54, 1.807) is 0 Å². The predicted molar refractivity (Wildman–Crippen MR) is 102 cm³/mol. The van der Waals surface area contributed by atoms with Crippen LogP contribution in [0, 0.1) is 0 Å². The Kier molecular flexibility index (Phi) is 4.17. The number of rotatable bonds is 3. The first-order chi connectivity index (χ1) is 12.9. The molecule has 5 rings (SSSR count). The Morgan fingerprint density at radius 1 is 1.12 bits per heavy atom. The van der Waals surface area contributed by atoms with Crippen molar-refractivity contribution in [3.8, 4) is 0 Å². The van der Waals surface area contributed by atoms with Crippen LogP contribution >= 0.6 is 0 Å². The van der Waals surface area contributed by atoms with Crippen LogP contribution in [0.3, 0.4) is 0 Å². The summed E-state index contributed by atoms with van der Waals surface area (Å²) in [6.45, 7) is 2.86. The maximum atomic E-state index is 4.96. The van der Waals surface area contributed by atoms with Crippen LogP contribution in [0.2, 0.25) is 0 Å². The highest BCUT2D eigenvalue weighted by Crippen LogP contribution is 2.31. The molecule has 1 saturated carbocycles. The summed E-state index contributed by atoms with van der Waals surface area (Å²) in [6, 6.07) is 8.31. The fourth-order valence-electron chi connectivity index (χ4n) is 4.44. The third-order valence-electron chi connectivity index (χ3n) is 5.92. The van der Waals surface area contributed by atoms with Crippen LogP contribution in [0.25, 0.3) is 10.9 Å². The van der Waals surface area contributed by atoms with Crippen molar-refractivity contribution < 1.29 is 0 Å². The molecule has 0 unspecified atom stereocenters.